The minimum Gasteiger partial charge on any atom is -0.465 e. The highest BCUT2D eigenvalue weighted by molar-refractivity contribution is 6.74. The summed E-state index contributed by atoms with van der Waals surface area (Å²) in [5.74, 6) is -0.293. The van der Waals surface area contributed by atoms with Gasteiger partial charge in [0.25, 0.3) is 0 Å². The molecular weight excluding hydrogens is 328 g/mol. The average Bonchev–Trinajstić information content (AvgIpc) is 2.73. The summed E-state index contributed by atoms with van der Waals surface area (Å²) in [6, 6.07) is -0.654. The number of piperidine rings is 1. The lowest BCUT2D eigenvalue weighted by molar-refractivity contribution is -0.133. The van der Waals surface area contributed by atoms with Gasteiger partial charge in [0.2, 0.25) is 5.91 Å². The Morgan fingerprint density at radius 3 is 2.50 bits per heavy atom. The molecule has 2 saturated heterocycles. The van der Waals surface area contributed by atoms with E-state index in [0.717, 1.165) is 4.90 Å². The molecule has 3 atom stereocenters. The van der Waals surface area contributed by atoms with Crippen LogP contribution in [0.4, 0.5) is 4.79 Å². The summed E-state index contributed by atoms with van der Waals surface area (Å²) in [6.07, 6.45) is -1.37. The molecule has 0 aromatic carbocycles. The zero-order valence-electron chi connectivity index (χ0n) is 15.3. The van der Waals surface area contributed by atoms with Crippen molar-refractivity contribution in [3.05, 3.63) is 0 Å². The number of β-amino-alcohol motifs (C(OH)–C–C–N with tert-alkyl or cyclic N) is 1. The van der Waals surface area contributed by atoms with Gasteiger partial charge in [0.15, 0.2) is 8.32 Å². The highest BCUT2D eigenvalue weighted by Crippen LogP contribution is 2.37. The number of hydrogen-bond donors (Lipinski definition) is 2. The second-order valence-electron chi connectivity index (χ2n) is 8.42. The molecule has 24 heavy (non-hydrogen) atoms. The Kier molecular flexibility index (Phi) is 5.32. The van der Waals surface area contributed by atoms with Crippen LogP contribution in [-0.2, 0) is 9.22 Å². The molecule has 0 spiro atoms. The largest absolute Gasteiger partial charge is 0.465 e. The van der Waals surface area contributed by atoms with Gasteiger partial charge in [-0.05, 0) is 24.6 Å². The van der Waals surface area contributed by atoms with Gasteiger partial charge in [0, 0.05) is 19.0 Å². The lowest BCUT2D eigenvalue weighted by Crippen LogP contribution is -2.54. The molecular formula is C16H30N2O5Si. The first-order valence-corrected chi connectivity index (χ1v) is 11.5. The van der Waals surface area contributed by atoms with Crippen molar-refractivity contribution in [3.63, 3.8) is 0 Å². The number of rotatable bonds is 4. The van der Waals surface area contributed by atoms with E-state index >= 15 is 0 Å². The van der Waals surface area contributed by atoms with Crippen LogP contribution in [0.15, 0.2) is 0 Å². The topological polar surface area (TPSA) is 90.3 Å². The molecule has 2 aliphatic heterocycles. The first-order valence-electron chi connectivity index (χ1n) is 8.54. The SMILES string of the molecule is CC(C)(C)[Si](C)(C)OCCN1C[C@@H]2C[C@H](O)CN(C(=O)O)[C@@H]2C1=O. The molecule has 2 amide bonds. The first-order chi connectivity index (χ1) is 10.9. The van der Waals surface area contributed by atoms with Crippen LogP contribution in [0.2, 0.25) is 18.1 Å². The smallest absolute Gasteiger partial charge is 0.408 e. The Labute approximate surface area is 144 Å². The van der Waals surface area contributed by atoms with E-state index < -0.39 is 26.6 Å². The van der Waals surface area contributed by atoms with E-state index in [9.17, 15) is 19.8 Å². The van der Waals surface area contributed by atoms with E-state index in [1.807, 2.05) is 0 Å². The van der Waals surface area contributed by atoms with Crippen molar-refractivity contribution in [1.29, 1.82) is 0 Å². The molecule has 0 aliphatic carbocycles. The van der Waals surface area contributed by atoms with Gasteiger partial charge in [-0.3, -0.25) is 9.69 Å². The van der Waals surface area contributed by atoms with Gasteiger partial charge in [0.05, 0.1) is 19.3 Å². The number of likely N-dealkylation sites (tertiary alicyclic amines) is 2. The Morgan fingerprint density at radius 1 is 1.33 bits per heavy atom. The number of hydrogen-bond acceptors (Lipinski definition) is 4. The molecule has 2 aliphatic rings. The molecule has 7 nitrogen and oxygen atoms in total. The third kappa shape index (κ3) is 3.75. The van der Waals surface area contributed by atoms with Crippen molar-refractivity contribution in [2.75, 3.05) is 26.2 Å². The lowest BCUT2D eigenvalue weighted by atomic mass is 9.90. The third-order valence-electron chi connectivity index (χ3n) is 5.66. The van der Waals surface area contributed by atoms with Gasteiger partial charge >= 0.3 is 6.09 Å². The van der Waals surface area contributed by atoms with Crippen LogP contribution in [0, 0.1) is 5.92 Å². The predicted molar refractivity (Wildman–Crippen MR) is 92.4 cm³/mol. The van der Waals surface area contributed by atoms with E-state index in [1.54, 1.807) is 4.90 Å². The molecule has 2 rings (SSSR count). The van der Waals surface area contributed by atoms with Gasteiger partial charge in [-0.2, -0.15) is 0 Å². The summed E-state index contributed by atoms with van der Waals surface area (Å²) in [4.78, 5) is 26.8. The van der Waals surface area contributed by atoms with Crippen LogP contribution in [0.3, 0.4) is 0 Å². The predicted octanol–water partition coefficient (Wildman–Crippen LogP) is 1.58. The molecule has 0 aromatic heterocycles. The zero-order valence-corrected chi connectivity index (χ0v) is 16.3. The van der Waals surface area contributed by atoms with Gasteiger partial charge in [-0.1, -0.05) is 20.8 Å². The molecule has 2 fully saturated rings. The number of carbonyl (C=O) groups excluding carboxylic acids is 1. The molecule has 8 heteroatoms. The average molecular weight is 359 g/mol. The van der Waals surface area contributed by atoms with Crippen molar-refractivity contribution in [3.8, 4) is 0 Å². The third-order valence-corrected chi connectivity index (χ3v) is 10.2. The van der Waals surface area contributed by atoms with Gasteiger partial charge in [0.1, 0.15) is 6.04 Å². The second-order valence-corrected chi connectivity index (χ2v) is 13.2. The Balaban J connectivity index is 1.97. The monoisotopic (exact) mass is 358 g/mol. The summed E-state index contributed by atoms with van der Waals surface area (Å²) in [5.41, 5.74) is 0. The van der Waals surface area contributed by atoms with Crippen LogP contribution < -0.4 is 0 Å². The first kappa shape index (κ1) is 19.2. The van der Waals surface area contributed by atoms with Crippen LogP contribution in [0.1, 0.15) is 27.2 Å². The summed E-state index contributed by atoms with van der Waals surface area (Å²) < 4.78 is 6.12. The van der Waals surface area contributed by atoms with Gasteiger partial charge < -0.3 is 19.5 Å². The van der Waals surface area contributed by atoms with Crippen LogP contribution in [0.25, 0.3) is 0 Å². The van der Waals surface area contributed by atoms with Crippen LogP contribution in [-0.4, -0.2) is 78.7 Å². The number of aliphatic hydroxyl groups is 1. The quantitative estimate of drug-likeness (QED) is 0.745. The molecule has 0 bridgehead atoms. The fraction of sp³-hybridized carbons (Fsp3) is 0.875. The van der Waals surface area contributed by atoms with Crippen molar-refractivity contribution in [2.45, 2.75) is 57.5 Å². The fourth-order valence-electron chi connectivity index (χ4n) is 3.24. The number of amides is 2. The number of aliphatic hydroxyl groups excluding tert-OH is 1. The minimum atomic E-state index is -1.86. The molecule has 2 heterocycles. The normalized spacial score (nSPS) is 28.2. The van der Waals surface area contributed by atoms with E-state index in [4.69, 9.17) is 4.43 Å². The summed E-state index contributed by atoms with van der Waals surface area (Å²) in [7, 11) is -1.86. The summed E-state index contributed by atoms with van der Waals surface area (Å²) >= 11 is 0. The number of carboxylic acid groups (broad SMARTS) is 1. The summed E-state index contributed by atoms with van der Waals surface area (Å²) in [6.45, 7) is 12.3. The number of nitrogens with zero attached hydrogens (tertiary/aromatic N) is 2. The molecule has 0 aromatic rings. The van der Waals surface area contributed by atoms with Crippen molar-refractivity contribution >= 4 is 20.3 Å². The van der Waals surface area contributed by atoms with Crippen molar-refractivity contribution in [1.82, 2.24) is 9.80 Å². The van der Waals surface area contributed by atoms with E-state index in [-0.39, 0.29) is 23.4 Å². The number of carbonyl (C=O) groups is 2. The lowest BCUT2D eigenvalue weighted by Gasteiger charge is -2.36. The fourth-order valence-corrected chi connectivity index (χ4v) is 4.28. The minimum absolute atomic E-state index is 0.0105. The molecule has 2 N–H and O–H groups in total. The summed E-state index contributed by atoms with van der Waals surface area (Å²) in [5, 5.41) is 19.3. The highest BCUT2D eigenvalue weighted by atomic mass is 28.4. The Hall–Kier alpha value is -1.12. The maximum Gasteiger partial charge on any atom is 0.408 e. The highest BCUT2D eigenvalue weighted by Gasteiger charge is 2.49. The van der Waals surface area contributed by atoms with Crippen LogP contribution in [0.5, 0.6) is 0 Å². The molecule has 0 unspecified atom stereocenters. The van der Waals surface area contributed by atoms with Gasteiger partial charge in [-0.15, -0.1) is 0 Å². The second kappa shape index (κ2) is 6.65. The molecule has 0 saturated carbocycles. The van der Waals surface area contributed by atoms with Crippen LogP contribution >= 0.6 is 0 Å². The van der Waals surface area contributed by atoms with E-state index in [0.29, 0.717) is 26.1 Å². The van der Waals surface area contributed by atoms with Crippen molar-refractivity contribution < 1.29 is 24.2 Å². The van der Waals surface area contributed by atoms with E-state index in [2.05, 4.69) is 33.9 Å². The van der Waals surface area contributed by atoms with Gasteiger partial charge in [-0.25, -0.2) is 4.79 Å². The molecule has 138 valence electrons. The maximum absolute atomic E-state index is 12.6. The Bertz CT molecular complexity index is 505. The maximum atomic E-state index is 12.6. The van der Waals surface area contributed by atoms with E-state index in [1.165, 1.54) is 0 Å². The zero-order chi connectivity index (χ0) is 18.3. The Morgan fingerprint density at radius 2 is 1.96 bits per heavy atom. The molecule has 0 radical (unpaired) electrons. The number of fused-ring (bicyclic) bond motifs is 1. The van der Waals surface area contributed by atoms with Crippen molar-refractivity contribution in [2.24, 2.45) is 5.92 Å². The standard InChI is InChI=1S/C16H30N2O5Si/c1-16(2,3)24(4,5)23-7-6-17-9-11-8-12(19)10-18(15(21)22)13(11)14(17)20/h11-13,19H,6-10H2,1-5H3,(H,21,22)/t11-,12-,13-/m0/s1.